The van der Waals surface area contributed by atoms with E-state index in [1.165, 1.54) is 16.4 Å². The number of para-hydroxylation sites is 1. The van der Waals surface area contributed by atoms with Crippen molar-refractivity contribution >= 4 is 28.1 Å². The Morgan fingerprint density at radius 1 is 1.17 bits per heavy atom. The number of hydrogen-bond acceptors (Lipinski definition) is 3. The average Bonchev–Trinajstić information content (AvgIpc) is 2.72. The summed E-state index contributed by atoms with van der Waals surface area (Å²) in [5.41, 5.74) is 2.10. The minimum atomic E-state index is -3.80. The van der Waals surface area contributed by atoms with Crippen molar-refractivity contribution in [3.05, 3.63) is 59.4 Å². The van der Waals surface area contributed by atoms with Crippen LogP contribution >= 0.6 is 12.4 Å². The quantitative estimate of drug-likeness (QED) is 0.900. The van der Waals surface area contributed by atoms with E-state index < -0.39 is 15.8 Å². The highest BCUT2D eigenvalue weighted by Crippen LogP contribution is 2.29. The van der Waals surface area contributed by atoms with Crippen molar-refractivity contribution in [3.63, 3.8) is 0 Å². The number of nitrogens with zero attached hydrogens (tertiary/aromatic N) is 1. The molecule has 0 atom stereocenters. The Balaban J connectivity index is 0.00000192. The van der Waals surface area contributed by atoms with Crippen LogP contribution in [0.4, 0.5) is 10.1 Å². The van der Waals surface area contributed by atoms with Gasteiger partial charge in [-0.2, -0.15) is 0 Å². The van der Waals surface area contributed by atoms with Crippen LogP contribution in [0.3, 0.4) is 0 Å². The molecule has 7 heteroatoms. The van der Waals surface area contributed by atoms with Gasteiger partial charge in [-0.15, -0.1) is 12.4 Å². The largest absolute Gasteiger partial charge is 0.311 e. The molecule has 3 rings (SSSR count). The number of aryl methyl sites for hydroxylation is 1. The normalized spacial score (nSPS) is 14.6. The summed E-state index contributed by atoms with van der Waals surface area (Å²) in [6.45, 7) is 3.15. The Morgan fingerprint density at radius 2 is 1.91 bits per heavy atom. The van der Waals surface area contributed by atoms with Crippen molar-refractivity contribution in [2.45, 2.75) is 18.4 Å². The van der Waals surface area contributed by atoms with E-state index in [9.17, 15) is 12.8 Å². The van der Waals surface area contributed by atoms with E-state index in [1.807, 2.05) is 18.2 Å². The molecule has 2 aromatic carbocycles. The summed E-state index contributed by atoms with van der Waals surface area (Å²) < 4.78 is 40.9. The summed E-state index contributed by atoms with van der Waals surface area (Å²) in [6.07, 6.45) is 0. The van der Waals surface area contributed by atoms with Crippen LogP contribution in [0.15, 0.2) is 47.4 Å². The Kier molecular flexibility index (Phi) is 5.29. The summed E-state index contributed by atoms with van der Waals surface area (Å²) in [7, 11) is -3.80. The van der Waals surface area contributed by atoms with Gasteiger partial charge in [0, 0.05) is 19.6 Å². The highest BCUT2D eigenvalue weighted by molar-refractivity contribution is 7.92. The van der Waals surface area contributed by atoms with E-state index in [0.717, 1.165) is 11.6 Å². The average molecular weight is 357 g/mol. The summed E-state index contributed by atoms with van der Waals surface area (Å²) >= 11 is 0. The standard InChI is InChI=1S/C16H17FN2O2S.ClH/c1-12-6-7-14(17)10-16(12)22(20,21)19-9-8-18-11-13-4-2-3-5-15(13)19;/h2-7,10,18H,8-9,11H2,1H3;1H. The van der Waals surface area contributed by atoms with Gasteiger partial charge in [0.1, 0.15) is 5.82 Å². The molecule has 4 nitrogen and oxygen atoms in total. The Morgan fingerprint density at radius 3 is 2.70 bits per heavy atom. The molecule has 23 heavy (non-hydrogen) atoms. The fourth-order valence-electron chi connectivity index (χ4n) is 2.65. The lowest BCUT2D eigenvalue weighted by molar-refractivity contribution is 0.584. The molecule has 0 aliphatic carbocycles. The lowest BCUT2D eigenvalue weighted by Gasteiger charge is -2.25. The number of rotatable bonds is 2. The molecule has 1 N–H and O–H groups in total. The summed E-state index contributed by atoms with van der Waals surface area (Å²) in [6, 6.07) is 11.2. The molecule has 0 fully saturated rings. The van der Waals surface area contributed by atoms with Crippen LogP contribution in [0.5, 0.6) is 0 Å². The van der Waals surface area contributed by atoms with Gasteiger partial charge in [0.25, 0.3) is 10.0 Å². The Labute approximate surface area is 141 Å². The molecular formula is C16H18ClFN2O2S. The van der Waals surface area contributed by atoms with E-state index >= 15 is 0 Å². The third kappa shape index (κ3) is 3.34. The third-order valence-electron chi connectivity index (χ3n) is 3.79. The van der Waals surface area contributed by atoms with Crippen molar-refractivity contribution in [1.29, 1.82) is 0 Å². The number of nitrogens with one attached hydrogen (secondary N) is 1. The van der Waals surface area contributed by atoms with Gasteiger partial charge >= 0.3 is 0 Å². The topological polar surface area (TPSA) is 49.4 Å². The first kappa shape index (κ1) is 17.7. The number of anilines is 1. The summed E-state index contributed by atoms with van der Waals surface area (Å²) in [5, 5.41) is 3.20. The van der Waals surface area contributed by atoms with E-state index in [2.05, 4.69) is 5.32 Å². The van der Waals surface area contributed by atoms with Crippen LogP contribution in [0.25, 0.3) is 0 Å². The molecule has 0 saturated carbocycles. The van der Waals surface area contributed by atoms with Crippen LogP contribution in [0.2, 0.25) is 0 Å². The predicted octanol–water partition coefficient (Wildman–Crippen LogP) is 2.85. The molecule has 0 aromatic heterocycles. The minimum absolute atomic E-state index is 0. The molecular weight excluding hydrogens is 339 g/mol. The number of halogens is 2. The molecule has 0 saturated heterocycles. The zero-order valence-corrected chi connectivity index (χ0v) is 14.3. The molecule has 0 amide bonds. The molecule has 1 heterocycles. The highest BCUT2D eigenvalue weighted by Gasteiger charge is 2.29. The van der Waals surface area contributed by atoms with E-state index in [4.69, 9.17) is 0 Å². The maximum atomic E-state index is 13.5. The van der Waals surface area contributed by atoms with Crippen LogP contribution in [0, 0.1) is 12.7 Å². The maximum absolute atomic E-state index is 13.5. The van der Waals surface area contributed by atoms with Gasteiger partial charge in [0.15, 0.2) is 0 Å². The van der Waals surface area contributed by atoms with Crippen LogP contribution in [-0.4, -0.2) is 21.5 Å². The molecule has 0 bridgehead atoms. The molecule has 1 aliphatic heterocycles. The third-order valence-corrected chi connectivity index (χ3v) is 5.74. The van der Waals surface area contributed by atoms with Gasteiger partial charge in [-0.3, -0.25) is 4.31 Å². The number of hydrogen-bond donors (Lipinski definition) is 1. The van der Waals surface area contributed by atoms with Gasteiger partial charge in [-0.1, -0.05) is 24.3 Å². The van der Waals surface area contributed by atoms with Gasteiger partial charge < -0.3 is 5.32 Å². The van der Waals surface area contributed by atoms with Gasteiger partial charge in [-0.25, -0.2) is 12.8 Å². The van der Waals surface area contributed by atoms with Crippen molar-refractivity contribution in [2.75, 3.05) is 17.4 Å². The zero-order valence-electron chi connectivity index (χ0n) is 12.6. The summed E-state index contributed by atoms with van der Waals surface area (Å²) in [5.74, 6) is -0.551. The maximum Gasteiger partial charge on any atom is 0.264 e. The van der Waals surface area contributed by atoms with Gasteiger partial charge in [0.2, 0.25) is 0 Å². The minimum Gasteiger partial charge on any atom is -0.311 e. The number of sulfonamides is 1. The van der Waals surface area contributed by atoms with Crippen molar-refractivity contribution in [3.8, 4) is 0 Å². The van der Waals surface area contributed by atoms with E-state index in [-0.39, 0.29) is 17.3 Å². The van der Waals surface area contributed by atoms with Crippen molar-refractivity contribution in [2.24, 2.45) is 0 Å². The SMILES string of the molecule is Cc1ccc(F)cc1S(=O)(=O)N1CCNCc2ccccc21.Cl. The van der Waals surface area contributed by atoms with Gasteiger partial charge in [0.05, 0.1) is 10.6 Å². The van der Waals surface area contributed by atoms with Crippen molar-refractivity contribution in [1.82, 2.24) is 5.32 Å². The van der Waals surface area contributed by atoms with Crippen LogP contribution < -0.4 is 9.62 Å². The zero-order chi connectivity index (χ0) is 15.7. The van der Waals surface area contributed by atoms with Crippen LogP contribution in [0.1, 0.15) is 11.1 Å². The lowest BCUT2D eigenvalue weighted by Crippen LogP contribution is -2.35. The summed E-state index contributed by atoms with van der Waals surface area (Å²) in [4.78, 5) is 0.0178. The molecule has 0 unspecified atom stereocenters. The van der Waals surface area contributed by atoms with Gasteiger partial charge in [-0.05, 0) is 36.2 Å². The first-order valence-corrected chi connectivity index (χ1v) is 8.51. The molecule has 1 aliphatic rings. The number of benzene rings is 2. The first-order chi connectivity index (χ1) is 10.5. The monoisotopic (exact) mass is 356 g/mol. The lowest BCUT2D eigenvalue weighted by atomic mass is 10.2. The van der Waals surface area contributed by atoms with E-state index in [1.54, 1.807) is 13.0 Å². The fraction of sp³-hybridized carbons (Fsp3) is 0.250. The Bertz CT molecular complexity index is 811. The fourth-order valence-corrected chi connectivity index (χ4v) is 4.39. The molecule has 0 spiro atoms. The molecule has 2 aromatic rings. The Hall–Kier alpha value is -1.63. The highest BCUT2D eigenvalue weighted by atomic mass is 35.5. The van der Waals surface area contributed by atoms with E-state index in [0.29, 0.717) is 30.9 Å². The van der Waals surface area contributed by atoms with Crippen molar-refractivity contribution < 1.29 is 12.8 Å². The predicted molar refractivity (Wildman–Crippen MR) is 91.1 cm³/mol. The molecule has 0 radical (unpaired) electrons. The smallest absolute Gasteiger partial charge is 0.264 e. The van der Waals surface area contributed by atoms with Crippen LogP contribution in [-0.2, 0) is 16.6 Å². The second-order valence-electron chi connectivity index (χ2n) is 5.29. The molecule has 124 valence electrons. The second kappa shape index (κ2) is 6.86. The second-order valence-corrected chi connectivity index (χ2v) is 7.12. The first-order valence-electron chi connectivity index (χ1n) is 7.07. The number of fused-ring (bicyclic) bond motifs is 1.